The summed E-state index contributed by atoms with van der Waals surface area (Å²) >= 11 is 0. The molecule has 0 aliphatic carbocycles. The van der Waals surface area contributed by atoms with Crippen LogP contribution >= 0.6 is 0 Å². The Kier molecular flexibility index (Phi) is 4.91. The molecule has 2 aromatic heterocycles. The summed E-state index contributed by atoms with van der Waals surface area (Å²) in [6.45, 7) is 3.90. The second-order valence-corrected chi connectivity index (χ2v) is 5.83. The quantitative estimate of drug-likeness (QED) is 0.775. The highest BCUT2D eigenvalue weighted by Gasteiger charge is 2.38. The third kappa shape index (κ3) is 3.31. The topological polar surface area (TPSA) is 90.1 Å². The van der Waals surface area contributed by atoms with Crippen LogP contribution < -0.4 is 5.32 Å². The number of aryl methyl sites for hydroxylation is 2. The lowest BCUT2D eigenvalue weighted by molar-refractivity contribution is -0.157. The van der Waals surface area contributed by atoms with E-state index in [0.29, 0.717) is 19.6 Å². The van der Waals surface area contributed by atoms with E-state index in [2.05, 4.69) is 20.5 Å². The number of ether oxygens (including phenoxy) is 1. The number of hydrogen-bond acceptors (Lipinski definition) is 6. The van der Waals surface area contributed by atoms with E-state index in [9.17, 15) is 4.79 Å². The van der Waals surface area contributed by atoms with Crippen LogP contribution in [0.5, 0.6) is 0 Å². The molecule has 0 aromatic carbocycles. The summed E-state index contributed by atoms with van der Waals surface area (Å²) in [4.78, 5) is 20.0. The van der Waals surface area contributed by atoms with Gasteiger partial charge in [-0.1, -0.05) is 0 Å². The average Bonchev–Trinajstić information content (AvgIpc) is 3.16. The molecule has 1 saturated heterocycles. The monoisotopic (exact) mass is 333 g/mol. The number of nitrogens with one attached hydrogen (secondary N) is 1. The summed E-state index contributed by atoms with van der Waals surface area (Å²) < 4.78 is 7.74. The van der Waals surface area contributed by atoms with Gasteiger partial charge in [0.15, 0.2) is 0 Å². The molecule has 0 radical (unpaired) electrons. The van der Waals surface area contributed by atoms with Gasteiger partial charge in [-0.15, -0.1) is 0 Å². The van der Waals surface area contributed by atoms with Crippen LogP contribution in [0, 0.1) is 0 Å². The molecule has 0 unspecified atom stereocenters. The first-order valence-electron chi connectivity index (χ1n) is 8.04. The summed E-state index contributed by atoms with van der Waals surface area (Å²) in [5.74, 6) is 0.826. The van der Waals surface area contributed by atoms with Gasteiger partial charge in [0.25, 0.3) is 0 Å². The summed E-state index contributed by atoms with van der Waals surface area (Å²) in [6, 6.07) is -0.203. The average molecular weight is 333 g/mol. The van der Waals surface area contributed by atoms with Crippen molar-refractivity contribution >= 4 is 5.91 Å². The van der Waals surface area contributed by atoms with E-state index in [1.165, 1.54) is 4.80 Å². The lowest BCUT2D eigenvalue weighted by atomic mass is 10.1. The van der Waals surface area contributed by atoms with Crippen LogP contribution in [0.3, 0.4) is 0 Å². The minimum atomic E-state index is -0.203. The fourth-order valence-electron chi connectivity index (χ4n) is 3.03. The van der Waals surface area contributed by atoms with Crippen molar-refractivity contribution in [2.24, 2.45) is 14.1 Å². The summed E-state index contributed by atoms with van der Waals surface area (Å²) in [7, 11) is 3.72. The highest BCUT2D eigenvalue weighted by Crippen LogP contribution is 2.28. The third-order valence-corrected chi connectivity index (χ3v) is 4.19. The Hall–Kier alpha value is -2.26. The molecule has 1 N–H and O–H groups in total. The van der Waals surface area contributed by atoms with Gasteiger partial charge in [-0.3, -0.25) is 4.79 Å². The molecule has 3 rings (SSSR count). The minimum Gasteiger partial charge on any atom is -0.364 e. The summed E-state index contributed by atoms with van der Waals surface area (Å²) in [5.41, 5.74) is 0.866. The van der Waals surface area contributed by atoms with E-state index >= 15 is 0 Å². The number of rotatable bonds is 6. The van der Waals surface area contributed by atoms with Crippen molar-refractivity contribution in [1.82, 2.24) is 34.8 Å². The lowest BCUT2D eigenvalue weighted by Gasteiger charge is -2.40. The van der Waals surface area contributed by atoms with Gasteiger partial charge >= 0.3 is 0 Å². The zero-order valence-corrected chi connectivity index (χ0v) is 14.2. The number of imidazole rings is 1. The van der Waals surface area contributed by atoms with E-state index in [4.69, 9.17) is 4.74 Å². The van der Waals surface area contributed by atoms with Crippen LogP contribution in [0.1, 0.15) is 24.5 Å². The minimum absolute atomic E-state index is 0.00400. The molecule has 1 aliphatic rings. The first-order chi connectivity index (χ1) is 11.6. The standard InChI is InChI=1S/C15H23N7O2/c1-4-22-13(23)10-24-12(14(22)15-17-5-6-20(15)2)9-16-7-11-8-18-21(3)19-11/h5-6,8,12,14,16H,4,7,9-10H2,1-3H3/t12-,14+/m0/s1. The third-order valence-electron chi connectivity index (χ3n) is 4.19. The van der Waals surface area contributed by atoms with Crippen LogP contribution in [0.2, 0.25) is 0 Å². The summed E-state index contributed by atoms with van der Waals surface area (Å²) in [5, 5.41) is 11.6. The Morgan fingerprint density at radius 1 is 1.42 bits per heavy atom. The normalized spacial score (nSPS) is 21.5. The predicted molar refractivity (Wildman–Crippen MR) is 85.8 cm³/mol. The Labute approximate surface area is 140 Å². The van der Waals surface area contributed by atoms with Crippen LogP contribution in [0.25, 0.3) is 0 Å². The maximum absolute atomic E-state index is 12.2. The second kappa shape index (κ2) is 7.10. The van der Waals surface area contributed by atoms with Gasteiger partial charge in [0.1, 0.15) is 18.5 Å². The first-order valence-corrected chi connectivity index (χ1v) is 8.04. The van der Waals surface area contributed by atoms with Crippen molar-refractivity contribution in [3.05, 3.63) is 30.1 Å². The Morgan fingerprint density at radius 2 is 2.25 bits per heavy atom. The van der Waals surface area contributed by atoms with Crippen LogP contribution in [-0.2, 0) is 30.2 Å². The molecule has 2 atom stereocenters. The number of nitrogens with zero attached hydrogens (tertiary/aromatic N) is 6. The van der Waals surface area contributed by atoms with Crippen molar-refractivity contribution in [3.8, 4) is 0 Å². The molecule has 3 heterocycles. The number of carbonyl (C=O) groups excluding carboxylic acids is 1. The van der Waals surface area contributed by atoms with Crippen molar-refractivity contribution in [3.63, 3.8) is 0 Å². The van der Waals surface area contributed by atoms with Gasteiger partial charge in [0, 0.05) is 46.1 Å². The van der Waals surface area contributed by atoms with Gasteiger partial charge in [-0.25, -0.2) is 4.98 Å². The van der Waals surface area contributed by atoms with E-state index < -0.39 is 0 Å². The van der Waals surface area contributed by atoms with Gasteiger partial charge in [-0.2, -0.15) is 15.0 Å². The second-order valence-electron chi connectivity index (χ2n) is 5.83. The molecule has 0 spiro atoms. The van der Waals surface area contributed by atoms with Gasteiger partial charge < -0.3 is 19.5 Å². The molecule has 9 heteroatoms. The number of likely N-dealkylation sites (N-methyl/N-ethyl adjacent to an activating group) is 1. The van der Waals surface area contributed by atoms with Crippen molar-refractivity contribution in [2.45, 2.75) is 25.6 Å². The molecule has 130 valence electrons. The molecular formula is C15H23N7O2. The molecular weight excluding hydrogens is 310 g/mol. The lowest BCUT2D eigenvalue weighted by Crippen LogP contribution is -2.52. The molecule has 1 fully saturated rings. The maximum Gasteiger partial charge on any atom is 0.249 e. The Bertz CT molecular complexity index is 696. The molecule has 24 heavy (non-hydrogen) atoms. The van der Waals surface area contributed by atoms with Gasteiger partial charge in [0.2, 0.25) is 5.91 Å². The Balaban J connectivity index is 1.71. The number of carbonyl (C=O) groups is 1. The van der Waals surface area contributed by atoms with Crippen molar-refractivity contribution in [2.75, 3.05) is 19.7 Å². The van der Waals surface area contributed by atoms with Gasteiger partial charge in [-0.05, 0) is 6.92 Å². The molecule has 9 nitrogen and oxygen atoms in total. The number of hydrogen-bond donors (Lipinski definition) is 1. The largest absolute Gasteiger partial charge is 0.364 e. The smallest absolute Gasteiger partial charge is 0.249 e. The zero-order valence-electron chi connectivity index (χ0n) is 14.2. The van der Waals surface area contributed by atoms with Crippen molar-refractivity contribution < 1.29 is 9.53 Å². The van der Waals surface area contributed by atoms with E-state index in [1.54, 1.807) is 19.4 Å². The number of aromatic nitrogens is 5. The van der Waals surface area contributed by atoms with Crippen LogP contribution in [0.15, 0.2) is 18.6 Å². The van der Waals surface area contributed by atoms with Crippen molar-refractivity contribution in [1.29, 1.82) is 0 Å². The zero-order chi connectivity index (χ0) is 17.1. The molecule has 1 aliphatic heterocycles. The SMILES string of the molecule is CCN1C(=O)CO[C@@H](CNCc2cnn(C)n2)[C@@H]1c1nccn1C. The fourth-order valence-corrected chi connectivity index (χ4v) is 3.03. The van der Waals surface area contributed by atoms with Crippen LogP contribution in [0.4, 0.5) is 0 Å². The molecule has 2 aromatic rings. The molecule has 0 saturated carbocycles. The number of amides is 1. The van der Waals surface area contributed by atoms with Gasteiger partial charge in [0.05, 0.1) is 18.0 Å². The van der Waals surface area contributed by atoms with E-state index in [0.717, 1.165) is 11.5 Å². The molecule has 0 bridgehead atoms. The first kappa shape index (κ1) is 16.6. The Morgan fingerprint density at radius 3 is 2.88 bits per heavy atom. The molecule has 1 amide bonds. The number of morpholine rings is 1. The highest BCUT2D eigenvalue weighted by molar-refractivity contribution is 5.78. The summed E-state index contributed by atoms with van der Waals surface area (Å²) in [6.07, 6.45) is 5.19. The fraction of sp³-hybridized carbons (Fsp3) is 0.600. The van der Waals surface area contributed by atoms with E-state index in [-0.39, 0.29) is 24.7 Å². The van der Waals surface area contributed by atoms with Crippen LogP contribution in [-0.4, -0.2) is 61.2 Å². The maximum atomic E-state index is 12.2. The predicted octanol–water partition coefficient (Wildman–Crippen LogP) is -0.373. The highest BCUT2D eigenvalue weighted by atomic mass is 16.5. The van der Waals surface area contributed by atoms with E-state index in [1.807, 2.05) is 29.6 Å².